The van der Waals surface area contributed by atoms with Crippen molar-refractivity contribution in [3.05, 3.63) is 70.8 Å². The highest BCUT2D eigenvalue weighted by Crippen LogP contribution is 2.47. The minimum atomic E-state index is -2.43. The molecule has 9 heteroatoms. The van der Waals surface area contributed by atoms with Crippen molar-refractivity contribution in [1.29, 1.82) is 0 Å². The topological polar surface area (TPSA) is 117 Å². The number of para-hydroxylation sites is 1. The molecule has 3 aliphatic rings. The van der Waals surface area contributed by atoms with Crippen molar-refractivity contribution in [2.45, 2.75) is 51.2 Å². The number of nitrogens with one attached hydrogen (secondary N) is 1. The van der Waals surface area contributed by atoms with Crippen LogP contribution in [0.4, 0.5) is 5.69 Å². The van der Waals surface area contributed by atoms with Crippen LogP contribution in [0.2, 0.25) is 0 Å². The normalized spacial score (nSPS) is 22.0. The molecule has 0 spiro atoms. The number of rotatable bonds is 7. The third-order valence-corrected chi connectivity index (χ3v) is 9.86. The largest absolute Gasteiger partial charge is 0.493 e. The van der Waals surface area contributed by atoms with Gasteiger partial charge in [0.05, 0.1) is 19.1 Å². The zero-order valence-electron chi connectivity index (χ0n) is 22.7. The van der Waals surface area contributed by atoms with Gasteiger partial charge in [0.1, 0.15) is 30.0 Å². The predicted octanol–water partition coefficient (Wildman–Crippen LogP) is 6.76. The number of hydrogen-bond donors (Lipinski definition) is 4. The van der Waals surface area contributed by atoms with E-state index in [1.165, 1.54) is 0 Å². The maximum absolute atomic E-state index is 11.2. The van der Waals surface area contributed by atoms with E-state index < -0.39 is 16.6 Å². The summed E-state index contributed by atoms with van der Waals surface area (Å²) < 4.78 is 38.1. The van der Waals surface area contributed by atoms with E-state index in [0.717, 1.165) is 56.3 Å². The molecule has 1 fully saturated rings. The molecule has 2 atom stereocenters. The molecule has 0 aliphatic carbocycles. The molecule has 6 rings (SSSR count). The van der Waals surface area contributed by atoms with Crippen LogP contribution in [0.5, 0.6) is 17.2 Å². The molecular formula is C31H35NO7S. The second kappa shape index (κ2) is 10.5. The minimum Gasteiger partial charge on any atom is -0.493 e. The zero-order valence-corrected chi connectivity index (χ0v) is 23.5. The highest BCUT2D eigenvalue weighted by atomic mass is 32.3. The van der Waals surface area contributed by atoms with E-state index in [-0.39, 0.29) is 24.5 Å². The van der Waals surface area contributed by atoms with Crippen molar-refractivity contribution < 1.29 is 33.2 Å². The van der Waals surface area contributed by atoms with Crippen LogP contribution in [0.3, 0.4) is 0 Å². The smallest absolute Gasteiger partial charge is 0.304 e. The number of aryl methyl sites for hydroxylation is 2. The lowest BCUT2D eigenvalue weighted by Gasteiger charge is -2.39. The Labute approximate surface area is 235 Å². The number of carboxylic acids is 1. The van der Waals surface area contributed by atoms with E-state index in [1.54, 1.807) is 0 Å². The van der Waals surface area contributed by atoms with Gasteiger partial charge in [-0.2, -0.15) is 10.6 Å². The lowest BCUT2D eigenvalue weighted by molar-refractivity contribution is -0.137. The molecule has 40 heavy (non-hydrogen) atoms. The number of anilines is 1. The van der Waals surface area contributed by atoms with E-state index in [9.17, 15) is 13.9 Å². The summed E-state index contributed by atoms with van der Waals surface area (Å²) in [4.78, 5) is 11.2. The fourth-order valence-corrected chi connectivity index (χ4v) is 7.61. The van der Waals surface area contributed by atoms with E-state index in [4.69, 9.17) is 19.3 Å². The fourth-order valence-electron chi connectivity index (χ4n) is 6.12. The Morgan fingerprint density at radius 3 is 2.48 bits per heavy atom. The van der Waals surface area contributed by atoms with Gasteiger partial charge in [-0.1, -0.05) is 24.3 Å². The summed E-state index contributed by atoms with van der Waals surface area (Å²) in [5, 5.41) is 12.7. The summed E-state index contributed by atoms with van der Waals surface area (Å²) in [6.07, 6.45) is 1.35. The molecule has 0 saturated carbocycles. The molecule has 1 saturated heterocycles. The molecule has 0 unspecified atom stereocenters. The molecule has 3 aromatic carbocycles. The van der Waals surface area contributed by atoms with Crippen LogP contribution >= 0.6 is 10.6 Å². The Bertz CT molecular complexity index is 1420. The Kier molecular flexibility index (Phi) is 7.06. The zero-order chi connectivity index (χ0) is 28.0. The molecule has 0 aromatic heterocycles. The van der Waals surface area contributed by atoms with Crippen molar-refractivity contribution in [3.63, 3.8) is 0 Å². The first-order chi connectivity index (χ1) is 19.2. The first-order valence-electron chi connectivity index (χ1n) is 13.7. The van der Waals surface area contributed by atoms with Gasteiger partial charge in [0.25, 0.3) is 0 Å². The van der Waals surface area contributed by atoms with Gasteiger partial charge < -0.3 is 24.6 Å². The van der Waals surface area contributed by atoms with Crippen molar-refractivity contribution in [2.24, 2.45) is 0 Å². The van der Waals surface area contributed by atoms with Crippen LogP contribution < -0.4 is 19.5 Å². The highest BCUT2D eigenvalue weighted by molar-refractivity contribution is 8.24. The summed E-state index contributed by atoms with van der Waals surface area (Å²) in [5.74, 6) is 2.28. The van der Waals surface area contributed by atoms with Crippen molar-refractivity contribution >= 4 is 22.2 Å². The van der Waals surface area contributed by atoms with Crippen LogP contribution in [-0.4, -0.2) is 51.0 Å². The van der Waals surface area contributed by atoms with E-state index in [2.05, 4.69) is 49.5 Å². The summed E-state index contributed by atoms with van der Waals surface area (Å²) in [7, 11) is -2.43. The summed E-state index contributed by atoms with van der Waals surface area (Å²) in [6.45, 7) is 5.05. The molecule has 0 radical (unpaired) electrons. The number of hydrogen-bond acceptors (Lipinski definition) is 7. The monoisotopic (exact) mass is 565 g/mol. The van der Waals surface area contributed by atoms with Crippen LogP contribution in [0.1, 0.15) is 53.5 Å². The molecule has 212 valence electrons. The number of carbonyl (C=O) groups is 1. The summed E-state index contributed by atoms with van der Waals surface area (Å²) in [5.41, 5.74) is 7.28. The minimum absolute atomic E-state index is 0.00612. The van der Waals surface area contributed by atoms with E-state index in [0.29, 0.717) is 37.6 Å². The molecule has 3 heterocycles. The van der Waals surface area contributed by atoms with Crippen molar-refractivity contribution in [1.82, 2.24) is 0 Å². The van der Waals surface area contributed by atoms with E-state index in [1.807, 2.05) is 18.2 Å². The molecule has 3 aliphatic heterocycles. The van der Waals surface area contributed by atoms with Gasteiger partial charge in [-0.05, 0) is 48.7 Å². The molecule has 3 aromatic rings. The van der Waals surface area contributed by atoms with E-state index >= 15 is 0 Å². The Morgan fingerprint density at radius 1 is 1.00 bits per heavy atom. The summed E-state index contributed by atoms with van der Waals surface area (Å²) in [6, 6.07) is 16.2. The van der Waals surface area contributed by atoms with Gasteiger partial charge in [0, 0.05) is 58.7 Å². The van der Waals surface area contributed by atoms with Crippen molar-refractivity contribution in [3.8, 4) is 28.4 Å². The summed E-state index contributed by atoms with van der Waals surface area (Å²) >= 11 is 0. The second-order valence-corrected chi connectivity index (χ2v) is 13.5. The van der Waals surface area contributed by atoms with Gasteiger partial charge in [-0.3, -0.25) is 13.9 Å². The number of ether oxygens (including phenoxy) is 3. The Balaban J connectivity index is 1.20. The lowest BCUT2D eigenvalue weighted by atomic mass is 9.92. The quantitative estimate of drug-likeness (QED) is 0.248. The number of benzene rings is 3. The van der Waals surface area contributed by atoms with Crippen LogP contribution in [0.25, 0.3) is 11.1 Å². The SMILES string of the molecule is Cc1cc(OC2CCS(O)(O)CC2)cc(C)c1-c1cccc2c1OC[C@H]2Nc1ccc2c(c1)OC[C@H]2CC(=O)O. The maximum atomic E-state index is 11.2. The molecular weight excluding hydrogens is 530 g/mol. The first-order valence-corrected chi connectivity index (χ1v) is 15.6. The third-order valence-electron chi connectivity index (χ3n) is 8.08. The van der Waals surface area contributed by atoms with Gasteiger partial charge in [-0.25, -0.2) is 0 Å². The van der Waals surface area contributed by atoms with Gasteiger partial charge in [-0.15, -0.1) is 0 Å². The van der Waals surface area contributed by atoms with Crippen molar-refractivity contribution in [2.75, 3.05) is 30.0 Å². The number of aliphatic carboxylic acids is 1. The van der Waals surface area contributed by atoms with Gasteiger partial charge in [0.2, 0.25) is 0 Å². The van der Waals surface area contributed by atoms with Gasteiger partial charge >= 0.3 is 5.97 Å². The van der Waals surface area contributed by atoms with Crippen LogP contribution in [0, 0.1) is 13.8 Å². The first kappa shape index (κ1) is 26.8. The maximum Gasteiger partial charge on any atom is 0.304 e. The molecule has 0 amide bonds. The highest BCUT2D eigenvalue weighted by Gasteiger charge is 2.30. The predicted molar refractivity (Wildman–Crippen MR) is 156 cm³/mol. The standard InChI is InChI=1S/C31H35NO7S/c1-18-12-23(39-22-8-10-40(35,36)11-9-22)13-19(2)30(18)26-5-3-4-25-27(17-38-31(25)26)32-21-6-7-24-20(14-29(33)34)16-37-28(24)15-21/h3-7,12-13,15,20,22,27,32,35-36H,8-11,14,16-17H2,1-2H3,(H,33,34)/t20-,27-/m1/s1. The molecule has 0 bridgehead atoms. The number of carboxylic acid groups (broad SMARTS) is 1. The Hall–Kier alpha value is -3.40. The average molecular weight is 566 g/mol. The van der Waals surface area contributed by atoms with Crippen LogP contribution in [0.15, 0.2) is 48.5 Å². The number of fused-ring (bicyclic) bond motifs is 2. The average Bonchev–Trinajstić information content (AvgIpc) is 3.49. The fraction of sp³-hybridized carbons (Fsp3) is 0.387. The second-order valence-electron chi connectivity index (χ2n) is 11.0. The van der Waals surface area contributed by atoms with Gasteiger partial charge in [0.15, 0.2) is 0 Å². The third kappa shape index (κ3) is 5.33. The lowest BCUT2D eigenvalue weighted by Crippen LogP contribution is -2.28. The molecule has 8 nitrogen and oxygen atoms in total. The molecule has 4 N–H and O–H groups in total. The Morgan fingerprint density at radius 2 is 1.75 bits per heavy atom. The van der Waals surface area contributed by atoms with Crippen LogP contribution in [-0.2, 0) is 4.79 Å².